The fraction of sp³-hybridized carbons (Fsp3) is 0.368. The molecule has 1 amide bonds. The molecule has 0 fully saturated rings. The molecule has 0 aliphatic carbocycles. The van der Waals surface area contributed by atoms with Crippen molar-refractivity contribution in [3.05, 3.63) is 47.8 Å². The number of hydrogen-bond acceptors (Lipinski definition) is 6. The van der Waals surface area contributed by atoms with E-state index < -0.39 is 24.4 Å². The zero-order valence-electron chi connectivity index (χ0n) is 16.7. The Morgan fingerprint density at radius 1 is 1.23 bits per heavy atom. The van der Waals surface area contributed by atoms with Crippen LogP contribution >= 0.6 is 0 Å². The van der Waals surface area contributed by atoms with E-state index in [1.807, 2.05) is 0 Å². The quantitative estimate of drug-likeness (QED) is 0.655. The highest BCUT2D eigenvalue weighted by Gasteiger charge is 2.32. The van der Waals surface area contributed by atoms with Crippen molar-refractivity contribution in [3.63, 3.8) is 0 Å². The minimum Gasteiger partial charge on any atom is -0.406 e. The van der Waals surface area contributed by atoms with Crippen molar-refractivity contribution in [1.82, 2.24) is 24.8 Å². The number of ether oxygens (including phenoxy) is 2. The molecule has 11 heteroatoms. The van der Waals surface area contributed by atoms with E-state index in [1.165, 1.54) is 37.7 Å². The first-order chi connectivity index (χ1) is 14.1. The Kier molecular flexibility index (Phi) is 5.92. The highest BCUT2D eigenvalue weighted by molar-refractivity contribution is 5.92. The van der Waals surface area contributed by atoms with E-state index in [4.69, 9.17) is 4.74 Å². The van der Waals surface area contributed by atoms with Gasteiger partial charge in [0, 0.05) is 26.4 Å². The molecule has 0 aliphatic rings. The molecule has 0 radical (unpaired) electrons. The molecule has 3 aromatic rings. The lowest BCUT2D eigenvalue weighted by Gasteiger charge is -2.23. The minimum absolute atomic E-state index is 0.119. The second kappa shape index (κ2) is 8.27. The smallest absolute Gasteiger partial charge is 0.406 e. The van der Waals surface area contributed by atoms with Crippen LogP contribution in [-0.4, -0.2) is 45.0 Å². The molecule has 0 unspecified atom stereocenters. The van der Waals surface area contributed by atoms with Crippen molar-refractivity contribution >= 4 is 16.9 Å². The molecule has 8 nitrogen and oxygen atoms in total. The molecule has 2 heterocycles. The lowest BCUT2D eigenvalue weighted by molar-refractivity contribution is -0.274. The Balaban J connectivity index is 1.96. The molecule has 2 aromatic heterocycles. The van der Waals surface area contributed by atoms with Gasteiger partial charge in [-0.2, -0.15) is 0 Å². The highest BCUT2D eigenvalue weighted by atomic mass is 19.4. The van der Waals surface area contributed by atoms with Gasteiger partial charge in [0.2, 0.25) is 0 Å². The summed E-state index contributed by atoms with van der Waals surface area (Å²) in [5, 5.41) is 2.81. The van der Waals surface area contributed by atoms with Crippen LogP contribution in [0.2, 0.25) is 0 Å². The number of methoxy groups -OCH3 is 1. The van der Waals surface area contributed by atoms with E-state index in [2.05, 4.69) is 25.0 Å². The number of fused-ring (bicyclic) bond motifs is 1. The Morgan fingerprint density at radius 2 is 1.97 bits per heavy atom. The Bertz CT molecular complexity index is 1050. The average Bonchev–Trinajstić information content (AvgIpc) is 3.00. The summed E-state index contributed by atoms with van der Waals surface area (Å²) in [6.07, 6.45) is -2.47. The van der Waals surface area contributed by atoms with Gasteiger partial charge in [-0.25, -0.2) is 9.97 Å². The van der Waals surface area contributed by atoms with Crippen molar-refractivity contribution in [2.45, 2.75) is 32.4 Å². The number of imidazole rings is 1. The van der Waals surface area contributed by atoms with Crippen molar-refractivity contribution in [3.8, 4) is 5.75 Å². The summed E-state index contributed by atoms with van der Waals surface area (Å²) < 4.78 is 48.6. The maximum Gasteiger partial charge on any atom is 0.573 e. The topological polar surface area (TPSA) is 91.2 Å². The third-order valence-corrected chi connectivity index (χ3v) is 4.54. The van der Waals surface area contributed by atoms with Gasteiger partial charge >= 0.3 is 6.36 Å². The van der Waals surface area contributed by atoms with E-state index >= 15 is 0 Å². The molecule has 0 bridgehead atoms. The third-order valence-electron chi connectivity index (χ3n) is 4.54. The van der Waals surface area contributed by atoms with Gasteiger partial charge in [-0.1, -0.05) is 0 Å². The van der Waals surface area contributed by atoms with E-state index in [0.29, 0.717) is 17.0 Å². The van der Waals surface area contributed by atoms with Crippen LogP contribution in [0.25, 0.3) is 11.0 Å². The normalized spacial score (nSPS) is 13.8. The number of aromatic nitrogens is 4. The summed E-state index contributed by atoms with van der Waals surface area (Å²) in [7, 11) is 3.18. The first-order valence-electron chi connectivity index (χ1n) is 8.93. The average molecular weight is 423 g/mol. The summed E-state index contributed by atoms with van der Waals surface area (Å²) in [5.74, 6) is -0.462. The second-order valence-electron chi connectivity index (χ2n) is 6.66. The predicted molar refractivity (Wildman–Crippen MR) is 101 cm³/mol. The second-order valence-corrected chi connectivity index (χ2v) is 6.66. The molecule has 30 heavy (non-hydrogen) atoms. The number of alkyl halides is 3. The molecular formula is C19H20F3N5O3. The molecule has 2 atom stereocenters. The highest BCUT2D eigenvalue weighted by Crippen LogP contribution is 2.29. The molecule has 0 aliphatic heterocycles. The van der Waals surface area contributed by atoms with Gasteiger partial charge in [0.1, 0.15) is 23.3 Å². The van der Waals surface area contributed by atoms with Gasteiger partial charge < -0.3 is 19.4 Å². The molecule has 3 rings (SSSR count). The fourth-order valence-corrected chi connectivity index (χ4v) is 2.93. The summed E-state index contributed by atoms with van der Waals surface area (Å²) in [5.41, 5.74) is 1.64. The maximum absolute atomic E-state index is 12.6. The molecule has 1 N–H and O–H groups in total. The Labute approximate surface area is 170 Å². The van der Waals surface area contributed by atoms with Crippen molar-refractivity contribution in [2.24, 2.45) is 7.05 Å². The Morgan fingerprint density at radius 3 is 2.57 bits per heavy atom. The monoisotopic (exact) mass is 423 g/mol. The third kappa shape index (κ3) is 4.67. The van der Waals surface area contributed by atoms with Gasteiger partial charge in [-0.05, 0) is 26.0 Å². The number of carbonyl (C=O) groups excluding carboxylic acids is 1. The lowest BCUT2D eigenvalue weighted by atomic mass is 10.1. The fourth-order valence-electron chi connectivity index (χ4n) is 2.93. The van der Waals surface area contributed by atoms with Crippen LogP contribution in [0.1, 0.15) is 35.0 Å². The molecule has 0 saturated heterocycles. The number of aryl methyl sites for hydroxylation is 2. The van der Waals surface area contributed by atoms with Crippen LogP contribution in [0.3, 0.4) is 0 Å². The predicted octanol–water partition coefficient (Wildman–Crippen LogP) is 3.08. The van der Waals surface area contributed by atoms with Crippen molar-refractivity contribution < 1.29 is 27.4 Å². The van der Waals surface area contributed by atoms with E-state index in [-0.39, 0.29) is 17.0 Å². The number of benzene rings is 1. The summed E-state index contributed by atoms with van der Waals surface area (Å²) in [4.78, 5) is 25.2. The number of rotatable bonds is 6. The number of nitrogens with zero attached hydrogens (tertiary/aromatic N) is 4. The molecule has 0 spiro atoms. The molecule has 0 saturated carbocycles. The van der Waals surface area contributed by atoms with E-state index in [9.17, 15) is 18.0 Å². The number of nitrogens with one attached hydrogen (secondary N) is 1. The standard InChI is InChI=1S/C19H20F3N5O3/c1-10-8-24-14(9-23-10)18(28)26-16(11(2)29-4)17-25-13-7-12(30-19(20,21)22)5-6-15(13)27(17)3/h5-9,11,16H,1-4H3,(H,26,28)/t11-,16+/m1/s1. The molecule has 160 valence electrons. The van der Waals surface area contributed by atoms with Crippen LogP contribution in [-0.2, 0) is 11.8 Å². The van der Waals surface area contributed by atoms with Crippen LogP contribution in [0.5, 0.6) is 5.75 Å². The van der Waals surface area contributed by atoms with Gasteiger partial charge in [-0.3, -0.25) is 9.78 Å². The zero-order chi connectivity index (χ0) is 22.1. The van der Waals surface area contributed by atoms with E-state index in [1.54, 1.807) is 25.5 Å². The maximum atomic E-state index is 12.6. The number of carbonyl (C=O) groups is 1. The number of halogens is 3. The number of amides is 1. The number of hydrogen-bond donors (Lipinski definition) is 1. The Hall–Kier alpha value is -3.21. The first-order valence-corrected chi connectivity index (χ1v) is 8.93. The van der Waals surface area contributed by atoms with Gasteiger partial charge in [0.25, 0.3) is 5.91 Å². The van der Waals surface area contributed by atoms with Gasteiger partial charge in [-0.15, -0.1) is 13.2 Å². The van der Waals surface area contributed by atoms with E-state index in [0.717, 1.165) is 0 Å². The van der Waals surface area contributed by atoms with Crippen LogP contribution in [0.15, 0.2) is 30.6 Å². The SMILES string of the molecule is CO[C@H](C)[C@H](NC(=O)c1cnc(C)cn1)c1nc2cc(OC(F)(F)F)ccc2n1C. The minimum atomic E-state index is -4.80. The van der Waals surface area contributed by atoms with Crippen LogP contribution in [0, 0.1) is 6.92 Å². The summed E-state index contributed by atoms with van der Waals surface area (Å²) in [6.45, 7) is 3.49. The largest absolute Gasteiger partial charge is 0.573 e. The van der Waals surface area contributed by atoms with Crippen molar-refractivity contribution in [2.75, 3.05) is 7.11 Å². The van der Waals surface area contributed by atoms with Gasteiger partial charge in [0.15, 0.2) is 0 Å². The van der Waals surface area contributed by atoms with Crippen molar-refractivity contribution in [1.29, 1.82) is 0 Å². The molecular weight excluding hydrogens is 403 g/mol. The van der Waals surface area contributed by atoms with Crippen LogP contribution in [0.4, 0.5) is 13.2 Å². The van der Waals surface area contributed by atoms with Gasteiger partial charge in [0.05, 0.1) is 29.0 Å². The van der Waals surface area contributed by atoms with Crippen LogP contribution < -0.4 is 10.1 Å². The zero-order valence-corrected chi connectivity index (χ0v) is 16.7. The summed E-state index contributed by atoms with van der Waals surface area (Å²) >= 11 is 0. The molecule has 1 aromatic carbocycles. The first kappa shape index (κ1) is 21.5. The lowest BCUT2D eigenvalue weighted by Crippen LogP contribution is -2.37. The summed E-state index contributed by atoms with van der Waals surface area (Å²) in [6, 6.07) is 3.16.